The van der Waals surface area contributed by atoms with Gasteiger partial charge in [-0.3, -0.25) is 4.90 Å². The van der Waals surface area contributed by atoms with Crippen LogP contribution >= 0.6 is 0 Å². The summed E-state index contributed by atoms with van der Waals surface area (Å²) in [6.45, 7) is 2.99. The Kier molecular flexibility index (Phi) is 5.46. The quantitative estimate of drug-likeness (QED) is 0.905. The molecule has 1 aromatic carbocycles. The maximum atomic E-state index is 9.01. The number of rotatable bonds is 5. The van der Waals surface area contributed by atoms with Gasteiger partial charge in [-0.15, -0.1) is 0 Å². The second-order valence-corrected chi connectivity index (χ2v) is 6.64. The minimum atomic E-state index is 0.437. The fraction of sp³-hybridized carbons (Fsp3) is 0.421. The van der Waals surface area contributed by atoms with E-state index in [1.54, 1.807) is 6.20 Å². The lowest BCUT2D eigenvalue weighted by Crippen LogP contribution is -2.38. The van der Waals surface area contributed by atoms with Crippen LogP contribution in [0.15, 0.2) is 36.5 Å². The van der Waals surface area contributed by atoms with Crippen LogP contribution in [0.2, 0.25) is 0 Å². The average molecular weight is 336 g/mol. The van der Waals surface area contributed by atoms with Gasteiger partial charge in [-0.1, -0.05) is 12.1 Å². The molecule has 130 valence electrons. The molecule has 1 saturated heterocycles. The topological polar surface area (TPSA) is 68.1 Å². The van der Waals surface area contributed by atoms with Gasteiger partial charge in [-0.25, -0.2) is 4.98 Å². The molecule has 6 heteroatoms. The molecule has 0 spiro atoms. The third kappa shape index (κ3) is 4.68. The summed E-state index contributed by atoms with van der Waals surface area (Å²) >= 11 is 0. The molecule has 0 saturated carbocycles. The first kappa shape index (κ1) is 17.2. The number of likely N-dealkylation sites (tertiary alicyclic amines) is 1. The van der Waals surface area contributed by atoms with E-state index in [1.165, 1.54) is 5.56 Å². The predicted molar refractivity (Wildman–Crippen MR) is 99.4 cm³/mol. The molecule has 2 heterocycles. The van der Waals surface area contributed by atoms with Crippen molar-refractivity contribution in [3.63, 3.8) is 0 Å². The van der Waals surface area contributed by atoms with Gasteiger partial charge in [-0.05, 0) is 36.6 Å². The Morgan fingerprint density at radius 1 is 1.28 bits per heavy atom. The summed E-state index contributed by atoms with van der Waals surface area (Å²) in [5.41, 5.74) is 1.94. The lowest BCUT2D eigenvalue weighted by Gasteiger charge is -2.32. The van der Waals surface area contributed by atoms with Crippen molar-refractivity contribution in [3.05, 3.63) is 47.7 Å². The Morgan fingerprint density at radius 2 is 2.08 bits per heavy atom. The number of benzene rings is 1. The highest BCUT2D eigenvalue weighted by Gasteiger charge is 2.19. The van der Waals surface area contributed by atoms with Crippen molar-refractivity contribution in [1.29, 1.82) is 5.26 Å². The van der Waals surface area contributed by atoms with Crippen molar-refractivity contribution in [2.75, 3.05) is 37.4 Å². The van der Waals surface area contributed by atoms with Crippen molar-refractivity contribution in [2.45, 2.75) is 25.4 Å². The molecule has 3 rings (SSSR count). The predicted octanol–water partition coefficient (Wildman–Crippen LogP) is 2.49. The van der Waals surface area contributed by atoms with Gasteiger partial charge in [0.25, 0.3) is 0 Å². The van der Waals surface area contributed by atoms with Crippen LogP contribution in [-0.4, -0.2) is 48.1 Å². The van der Waals surface area contributed by atoms with Crippen molar-refractivity contribution in [1.82, 2.24) is 14.9 Å². The number of hydrogen-bond donors (Lipinski definition) is 1. The number of nitrogens with zero attached hydrogens (tertiary/aromatic N) is 5. The van der Waals surface area contributed by atoms with Gasteiger partial charge < -0.3 is 10.2 Å². The summed E-state index contributed by atoms with van der Waals surface area (Å²) < 4.78 is 0. The summed E-state index contributed by atoms with van der Waals surface area (Å²) in [6, 6.07) is 12.4. The number of piperidine rings is 1. The first-order valence-corrected chi connectivity index (χ1v) is 8.62. The summed E-state index contributed by atoms with van der Waals surface area (Å²) in [4.78, 5) is 13.1. The van der Waals surface area contributed by atoms with Crippen molar-refractivity contribution in [3.8, 4) is 6.07 Å². The third-order valence-electron chi connectivity index (χ3n) is 4.44. The van der Waals surface area contributed by atoms with Gasteiger partial charge in [0.1, 0.15) is 5.82 Å². The van der Waals surface area contributed by atoms with E-state index in [0.29, 0.717) is 6.04 Å². The number of aromatic nitrogens is 2. The van der Waals surface area contributed by atoms with E-state index in [0.717, 1.165) is 49.8 Å². The van der Waals surface area contributed by atoms with Crippen LogP contribution in [-0.2, 0) is 6.54 Å². The van der Waals surface area contributed by atoms with Crippen LogP contribution in [0.3, 0.4) is 0 Å². The van der Waals surface area contributed by atoms with Crippen LogP contribution in [0.1, 0.15) is 24.0 Å². The number of nitriles is 1. The summed E-state index contributed by atoms with van der Waals surface area (Å²) in [5, 5.41) is 12.5. The highest BCUT2D eigenvalue weighted by Crippen LogP contribution is 2.18. The molecule has 1 aliphatic heterocycles. The summed E-state index contributed by atoms with van der Waals surface area (Å²) in [7, 11) is 3.89. The van der Waals surface area contributed by atoms with Crippen molar-refractivity contribution in [2.24, 2.45) is 0 Å². The summed E-state index contributed by atoms with van der Waals surface area (Å²) in [6.07, 6.45) is 3.96. The van der Waals surface area contributed by atoms with Crippen LogP contribution in [0.25, 0.3) is 0 Å². The first-order valence-electron chi connectivity index (χ1n) is 8.62. The van der Waals surface area contributed by atoms with E-state index < -0.39 is 0 Å². The van der Waals surface area contributed by atoms with E-state index in [-0.39, 0.29) is 0 Å². The standard InChI is InChI=1S/C19H24N6/c1-24(2)19-21-9-6-18(23-19)22-17-7-10-25(11-8-17)14-16-5-3-4-15(12-16)13-20/h3-6,9,12,17H,7-8,10-11,14H2,1-2H3,(H,21,22,23). The fourth-order valence-electron chi connectivity index (χ4n) is 3.09. The maximum absolute atomic E-state index is 9.01. The average Bonchev–Trinajstić information content (AvgIpc) is 2.64. The van der Waals surface area contributed by atoms with Crippen molar-refractivity contribution < 1.29 is 0 Å². The molecule has 0 aliphatic carbocycles. The maximum Gasteiger partial charge on any atom is 0.226 e. The molecule has 2 aromatic rings. The van der Waals surface area contributed by atoms with Crippen LogP contribution in [0.5, 0.6) is 0 Å². The fourth-order valence-corrected chi connectivity index (χ4v) is 3.09. The van der Waals surface area contributed by atoms with Gasteiger partial charge >= 0.3 is 0 Å². The molecular weight excluding hydrogens is 312 g/mol. The molecule has 0 unspecified atom stereocenters. The zero-order valence-electron chi connectivity index (χ0n) is 14.8. The number of hydrogen-bond acceptors (Lipinski definition) is 6. The van der Waals surface area contributed by atoms with Gasteiger partial charge in [0, 0.05) is 46.0 Å². The SMILES string of the molecule is CN(C)c1nccc(NC2CCN(Cc3cccc(C#N)c3)CC2)n1. The molecule has 6 nitrogen and oxygen atoms in total. The van der Waals surface area contributed by atoms with E-state index >= 15 is 0 Å². The van der Waals surface area contributed by atoms with E-state index in [4.69, 9.17) is 5.26 Å². The van der Waals surface area contributed by atoms with Crippen molar-refractivity contribution >= 4 is 11.8 Å². The molecule has 0 radical (unpaired) electrons. The lowest BCUT2D eigenvalue weighted by molar-refractivity contribution is 0.211. The van der Waals surface area contributed by atoms with Crippen LogP contribution < -0.4 is 10.2 Å². The Balaban J connectivity index is 1.52. The Morgan fingerprint density at radius 3 is 2.80 bits per heavy atom. The number of anilines is 2. The molecular formula is C19H24N6. The highest BCUT2D eigenvalue weighted by molar-refractivity contribution is 5.41. The minimum absolute atomic E-state index is 0.437. The molecule has 1 aromatic heterocycles. The molecule has 1 fully saturated rings. The largest absolute Gasteiger partial charge is 0.367 e. The van der Waals surface area contributed by atoms with Crippen LogP contribution in [0.4, 0.5) is 11.8 Å². The Labute approximate surface area is 149 Å². The second kappa shape index (κ2) is 7.95. The zero-order valence-corrected chi connectivity index (χ0v) is 14.8. The number of nitrogens with one attached hydrogen (secondary N) is 1. The minimum Gasteiger partial charge on any atom is -0.367 e. The highest BCUT2D eigenvalue weighted by atomic mass is 15.2. The van der Waals surface area contributed by atoms with Crippen LogP contribution in [0, 0.1) is 11.3 Å². The zero-order chi connectivity index (χ0) is 17.6. The smallest absolute Gasteiger partial charge is 0.226 e. The second-order valence-electron chi connectivity index (χ2n) is 6.64. The normalized spacial score (nSPS) is 15.6. The molecule has 1 N–H and O–H groups in total. The molecule has 25 heavy (non-hydrogen) atoms. The van der Waals surface area contributed by atoms with Gasteiger partial charge in [-0.2, -0.15) is 10.2 Å². The first-order chi connectivity index (χ1) is 12.1. The molecule has 0 bridgehead atoms. The monoisotopic (exact) mass is 336 g/mol. The molecule has 0 atom stereocenters. The van der Waals surface area contributed by atoms with Gasteiger partial charge in [0.05, 0.1) is 11.6 Å². The molecule has 0 amide bonds. The third-order valence-corrected chi connectivity index (χ3v) is 4.44. The summed E-state index contributed by atoms with van der Waals surface area (Å²) in [5.74, 6) is 1.61. The van der Waals surface area contributed by atoms with E-state index in [9.17, 15) is 0 Å². The van der Waals surface area contributed by atoms with E-state index in [1.807, 2.05) is 43.3 Å². The Hall–Kier alpha value is -2.65. The molecule has 1 aliphatic rings. The Bertz CT molecular complexity index is 744. The van der Waals surface area contributed by atoms with Gasteiger partial charge in [0.15, 0.2) is 0 Å². The van der Waals surface area contributed by atoms with Gasteiger partial charge in [0.2, 0.25) is 5.95 Å². The lowest BCUT2D eigenvalue weighted by atomic mass is 10.0. The van der Waals surface area contributed by atoms with E-state index in [2.05, 4.69) is 32.3 Å².